The lowest BCUT2D eigenvalue weighted by Gasteiger charge is -2.25. The average Bonchev–Trinajstić information content (AvgIpc) is 3.30. The highest BCUT2D eigenvalue weighted by Gasteiger charge is 2.30. The molecule has 0 aliphatic carbocycles. The van der Waals surface area contributed by atoms with Gasteiger partial charge >= 0.3 is 0 Å². The Kier molecular flexibility index (Phi) is 5.76. The van der Waals surface area contributed by atoms with Crippen LogP contribution in [0.3, 0.4) is 0 Å². The number of benzene rings is 1. The van der Waals surface area contributed by atoms with Gasteiger partial charge in [0.2, 0.25) is 5.91 Å². The van der Waals surface area contributed by atoms with E-state index >= 15 is 0 Å². The summed E-state index contributed by atoms with van der Waals surface area (Å²) >= 11 is 1.36. The number of anilines is 1. The zero-order valence-corrected chi connectivity index (χ0v) is 15.6. The van der Waals surface area contributed by atoms with Crippen molar-refractivity contribution in [1.29, 1.82) is 5.26 Å². The molecule has 1 amide bonds. The first-order valence-corrected chi connectivity index (χ1v) is 9.27. The predicted octanol–water partition coefficient (Wildman–Crippen LogP) is 3.41. The molecule has 1 N–H and O–H groups in total. The first kappa shape index (κ1) is 18.2. The second kappa shape index (κ2) is 8.21. The van der Waals surface area contributed by atoms with E-state index in [2.05, 4.69) is 16.3 Å². The predicted molar refractivity (Wildman–Crippen MR) is 101 cm³/mol. The molecule has 1 saturated heterocycles. The fourth-order valence-corrected chi connectivity index (χ4v) is 4.06. The van der Waals surface area contributed by atoms with E-state index in [9.17, 15) is 4.79 Å². The van der Waals surface area contributed by atoms with Gasteiger partial charge in [0, 0.05) is 17.7 Å². The van der Waals surface area contributed by atoms with Gasteiger partial charge in [0.25, 0.3) is 0 Å². The largest absolute Gasteiger partial charge is 0.497 e. The third kappa shape index (κ3) is 3.82. The van der Waals surface area contributed by atoms with Gasteiger partial charge < -0.3 is 14.8 Å². The van der Waals surface area contributed by atoms with Crippen LogP contribution in [-0.2, 0) is 4.79 Å². The number of carbonyl (C=O) groups excluding carboxylic acids is 1. The quantitative estimate of drug-likeness (QED) is 0.842. The Morgan fingerprint density at radius 3 is 2.96 bits per heavy atom. The maximum absolute atomic E-state index is 12.5. The Morgan fingerprint density at radius 1 is 1.38 bits per heavy atom. The number of rotatable bonds is 6. The number of methoxy groups -OCH3 is 2. The number of carbonyl (C=O) groups is 1. The molecule has 0 saturated carbocycles. The van der Waals surface area contributed by atoms with E-state index in [0.717, 1.165) is 36.4 Å². The molecule has 0 spiro atoms. The second-order valence-corrected chi connectivity index (χ2v) is 6.98. The van der Waals surface area contributed by atoms with Crippen LogP contribution in [0.1, 0.15) is 30.0 Å². The Bertz CT molecular complexity index is 828. The molecular weight excluding hydrogens is 350 g/mol. The number of likely N-dealkylation sites (tertiary alicyclic amines) is 1. The average molecular weight is 371 g/mol. The van der Waals surface area contributed by atoms with Crippen LogP contribution < -0.4 is 14.8 Å². The van der Waals surface area contributed by atoms with Crippen molar-refractivity contribution in [3.63, 3.8) is 0 Å². The molecule has 1 fully saturated rings. The monoisotopic (exact) mass is 371 g/mol. The van der Waals surface area contributed by atoms with E-state index in [-0.39, 0.29) is 18.5 Å². The van der Waals surface area contributed by atoms with Gasteiger partial charge in [-0.1, -0.05) is 6.07 Å². The lowest BCUT2D eigenvalue weighted by molar-refractivity contribution is -0.117. The standard InChI is InChI=1S/C19H21N3O3S/c1-24-14-5-6-15(17(10-14)25-2)16-4-3-8-22(16)12-18(23)21-19-13(11-20)7-9-26-19/h5-7,9-10,16H,3-4,8,12H2,1-2H3,(H,21,23)/t16-/m0/s1. The molecule has 26 heavy (non-hydrogen) atoms. The number of hydrogen-bond acceptors (Lipinski definition) is 6. The lowest BCUT2D eigenvalue weighted by atomic mass is 10.0. The molecule has 1 aromatic heterocycles. The highest BCUT2D eigenvalue weighted by atomic mass is 32.1. The Labute approximate surface area is 156 Å². The molecule has 1 aliphatic heterocycles. The molecule has 136 valence electrons. The number of nitrogens with zero attached hydrogens (tertiary/aromatic N) is 2. The summed E-state index contributed by atoms with van der Waals surface area (Å²) in [6, 6.07) is 9.72. The fourth-order valence-electron chi connectivity index (χ4n) is 3.31. The van der Waals surface area contributed by atoms with Crippen molar-refractivity contribution >= 4 is 22.2 Å². The third-order valence-corrected chi connectivity index (χ3v) is 5.38. The van der Waals surface area contributed by atoms with E-state index in [4.69, 9.17) is 14.7 Å². The molecular formula is C19H21N3O3S. The molecule has 3 rings (SSSR count). The Morgan fingerprint density at radius 2 is 2.23 bits per heavy atom. The van der Waals surface area contributed by atoms with E-state index in [0.29, 0.717) is 10.6 Å². The summed E-state index contributed by atoms with van der Waals surface area (Å²) in [7, 11) is 3.27. The Hall–Kier alpha value is -2.56. The van der Waals surface area contributed by atoms with Gasteiger partial charge in [-0.3, -0.25) is 9.69 Å². The molecule has 0 bridgehead atoms. The zero-order chi connectivity index (χ0) is 18.5. The van der Waals surface area contributed by atoms with Gasteiger partial charge in [0.15, 0.2) is 0 Å². The summed E-state index contributed by atoms with van der Waals surface area (Å²) in [4.78, 5) is 14.6. The van der Waals surface area contributed by atoms with E-state index < -0.39 is 0 Å². The molecule has 0 radical (unpaired) electrons. The lowest BCUT2D eigenvalue weighted by Crippen LogP contribution is -2.33. The summed E-state index contributed by atoms with van der Waals surface area (Å²) in [6.07, 6.45) is 1.99. The molecule has 2 aromatic rings. The van der Waals surface area contributed by atoms with Gasteiger partial charge in [-0.05, 0) is 36.9 Å². The fraction of sp³-hybridized carbons (Fsp3) is 0.368. The van der Waals surface area contributed by atoms with Crippen molar-refractivity contribution in [3.05, 3.63) is 40.8 Å². The number of nitriles is 1. The highest BCUT2D eigenvalue weighted by Crippen LogP contribution is 2.38. The molecule has 6 nitrogen and oxygen atoms in total. The summed E-state index contributed by atoms with van der Waals surface area (Å²) in [6.45, 7) is 1.13. The van der Waals surface area contributed by atoms with Crippen LogP contribution in [0.2, 0.25) is 0 Å². The van der Waals surface area contributed by atoms with Gasteiger partial charge in [0.1, 0.15) is 22.6 Å². The molecule has 0 unspecified atom stereocenters. The minimum Gasteiger partial charge on any atom is -0.497 e. The molecule has 1 aromatic carbocycles. The maximum atomic E-state index is 12.5. The smallest absolute Gasteiger partial charge is 0.239 e. The zero-order valence-electron chi connectivity index (χ0n) is 14.8. The van der Waals surface area contributed by atoms with Crippen LogP contribution in [-0.4, -0.2) is 38.1 Å². The molecule has 1 atom stereocenters. The van der Waals surface area contributed by atoms with Crippen molar-refractivity contribution in [2.75, 3.05) is 32.6 Å². The van der Waals surface area contributed by atoms with Gasteiger partial charge in [-0.15, -0.1) is 11.3 Å². The van der Waals surface area contributed by atoms with Crippen LogP contribution in [0, 0.1) is 11.3 Å². The van der Waals surface area contributed by atoms with Crippen molar-refractivity contribution in [2.45, 2.75) is 18.9 Å². The summed E-state index contributed by atoms with van der Waals surface area (Å²) in [5, 5.41) is 14.3. The van der Waals surface area contributed by atoms with Crippen molar-refractivity contribution < 1.29 is 14.3 Å². The summed E-state index contributed by atoms with van der Waals surface area (Å²) in [5.41, 5.74) is 1.56. The molecule has 1 aliphatic rings. The van der Waals surface area contributed by atoms with Crippen molar-refractivity contribution in [3.8, 4) is 17.6 Å². The van der Waals surface area contributed by atoms with Gasteiger partial charge in [-0.25, -0.2) is 0 Å². The summed E-state index contributed by atoms with van der Waals surface area (Å²) < 4.78 is 10.8. The first-order valence-electron chi connectivity index (χ1n) is 8.39. The minimum absolute atomic E-state index is 0.108. The number of amides is 1. The van der Waals surface area contributed by atoms with Crippen LogP contribution in [0.15, 0.2) is 29.6 Å². The first-order chi connectivity index (χ1) is 12.7. The van der Waals surface area contributed by atoms with Crippen molar-refractivity contribution in [2.24, 2.45) is 0 Å². The molecule has 7 heteroatoms. The third-order valence-electron chi connectivity index (χ3n) is 4.55. The van der Waals surface area contributed by atoms with Crippen LogP contribution in [0.4, 0.5) is 5.00 Å². The maximum Gasteiger partial charge on any atom is 0.239 e. The number of hydrogen-bond donors (Lipinski definition) is 1. The number of nitrogens with one attached hydrogen (secondary N) is 1. The Balaban J connectivity index is 1.72. The second-order valence-electron chi connectivity index (χ2n) is 6.06. The molecule has 2 heterocycles. The van der Waals surface area contributed by atoms with Gasteiger partial charge in [0.05, 0.1) is 26.3 Å². The normalized spacial score (nSPS) is 16.9. The van der Waals surface area contributed by atoms with Crippen LogP contribution in [0.25, 0.3) is 0 Å². The van der Waals surface area contributed by atoms with Gasteiger partial charge in [-0.2, -0.15) is 5.26 Å². The number of ether oxygens (including phenoxy) is 2. The van der Waals surface area contributed by atoms with Crippen LogP contribution in [0.5, 0.6) is 11.5 Å². The van der Waals surface area contributed by atoms with E-state index in [1.54, 1.807) is 25.7 Å². The van der Waals surface area contributed by atoms with Crippen LogP contribution >= 0.6 is 11.3 Å². The van der Waals surface area contributed by atoms with E-state index in [1.165, 1.54) is 11.3 Å². The topological polar surface area (TPSA) is 74.6 Å². The SMILES string of the molecule is COc1ccc([C@@H]2CCCN2CC(=O)Nc2sccc2C#N)c(OC)c1. The van der Waals surface area contributed by atoms with Crippen molar-refractivity contribution in [1.82, 2.24) is 4.90 Å². The summed E-state index contributed by atoms with van der Waals surface area (Å²) in [5.74, 6) is 1.41. The van der Waals surface area contributed by atoms with E-state index in [1.807, 2.05) is 18.2 Å². The minimum atomic E-state index is -0.108. The number of thiophene rings is 1. The highest BCUT2D eigenvalue weighted by molar-refractivity contribution is 7.14.